The van der Waals surface area contributed by atoms with E-state index >= 15 is 0 Å². The predicted octanol–water partition coefficient (Wildman–Crippen LogP) is 8.28. The van der Waals surface area contributed by atoms with Gasteiger partial charge < -0.3 is 14.2 Å². The molecular formula is C36H36IN3O4. The molecule has 0 aliphatic carbocycles. The van der Waals surface area contributed by atoms with E-state index in [2.05, 4.69) is 73.7 Å². The second kappa shape index (κ2) is 13.6. The number of hydrogen-bond acceptors (Lipinski definition) is 6. The number of fused-ring (bicyclic) bond motifs is 1. The Bertz CT molecular complexity index is 1900. The molecule has 0 radical (unpaired) electrons. The fourth-order valence-electron chi connectivity index (χ4n) is 4.99. The van der Waals surface area contributed by atoms with Crippen LogP contribution >= 0.6 is 22.6 Å². The first-order chi connectivity index (χ1) is 21.2. The first-order valence-electron chi connectivity index (χ1n) is 14.6. The van der Waals surface area contributed by atoms with Crippen molar-refractivity contribution in [1.29, 1.82) is 0 Å². The topological polar surface area (TPSA) is 74.9 Å². The van der Waals surface area contributed by atoms with Crippen molar-refractivity contribution in [1.82, 2.24) is 9.66 Å². The van der Waals surface area contributed by atoms with Gasteiger partial charge in [-0.3, -0.25) is 4.79 Å². The molecule has 0 amide bonds. The minimum absolute atomic E-state index is 0.210. The number of hydrogen-bond donors (Lipinski definition) is 0. The summed E-state index contributed by atoms with van der Waals surface area (Å²) in [6.45, 7) is 11.3. The van der Waals surface area contributed by atoms with E-state index in [4.69, 9.17) is 24.3 Å². The first kappa shape index (κ1) is 31.3. The SMILES string of the molecule is CCOc1cc(C)c(-c2nc3ccccc3c(=O)n2N=Cc2cc(I)c(OCc3ccc(C)cc3)c(OC)c2)cc1C(C)C. The van der Waals surface area contributed by atoms with Gasteiger partial charge in [-0.2, -0.15) is 9.78 Å². The van der Waals surface area contributed by atoms with Crippen LogP contribution in [0.3, 0.4) is 0 Å². The third-order valence-corrected chi connectivity index (χ3v) is 8.15. The second-order valence-electron chi connectivity index (χ2n) is 10.9. The number of ether oxygens (including phenoxy) is 3. The van der Waals surface area contributed by atoms with Gasteiger partial charge in [0.1, 0.15) is 12.4 Å². The molecule has 226 valence electrons. The van der Waals surface area contributed by atoms with Crippen LogP contribution in [0.2, 0.25) is 0 Å². The Morgan fingerprint density at radius 2 is 1.73 bits per heavy atom. The average Bonchev–Trinajstić information content (AvgIpc) is 3.00. The van der Waals surface area contributed by atoms with Gasteiger partial charge in [-0.1, -0.05) is 55.8 Å². The van der Waals surface area contributed by atoms with Crippen LogP contribution < -0.4 is 19.8 Å². The van der Waals surface area contributed by atoms with Crippen LogP contribution in [-0.2, 0) is 6.61 Å². The van der Waals surface area contributed by atoms with E-state index in [1.807, 2.05) is 50.2 Å². The summed E-state index contributed by atoms with van der Waals surface area (Å²) in [7, 11) is 1.61. The summed E-state index contributed by atoms with van der Waals surface area (Å²) in [6.07, 6.45) is 1.66. The quantitative estimate of drug-likeness (QED) is 0.108. The van der Waals surface area contributed by atoms with E-state index in [0.717, 1.165) is 37.1 Å². The third-order valence-electron chi connectivity index (χ3n) is 7.35. The van der Waals surface area contributed by atoms with Crippen molar-refractivity contribution in [2.75, 3.05) is 13.7 Å². The lowest BCUT2D eigenvalue weighted by atomic mass is 9.96. The number of rotatable bonds is 10. The number of benzene rings is 4. The highest BCUT2D eigenvalue weighted by atomic mass is 127. The van der Waals surface area contributed by atoms with Crippen LogP contribution in [0, 0.1) is 17.4 Å². The summed E-state index contributed by atoms with van der Waals surface area (Å²) in [5.41, 5.74) is 6.20. The molecule has 1 heterocycles. The molecule has 4 aromatic carbocycles. The van der Waals surface area contributed by atoms with E-state index in [0.29, 0.717) is 41.4 Å². The number of aromatic nitrogens is 2. The second-order valence-corrected chi connectivity index (χ2v) is 12.1. The molecule has 5 aromatic rings. The summed E-state index contributed by atoms with van der Waals surface area (Å²) >= 11 is 2.24. The maximum atomic E-state index is 13.9. The van der Waals surface area contributed by atoms with Crippen LogP contribution in [0.4, 0.5) is 0 Å². The zero-order valence-electron chi connectivity index (χ0n) is 25.8. The average molecular weight is 702 g/mol. The lowest BCUT2D eigenvalue weighted by Crippen LogP contribution is -2.21. The molecule has 0 saturated carbocycles. The van der Waals surface area contributed by atoms with Gasteiger partial charge in [-0.25, -0.2) is 4.98 Å². The van der Waals surface area contributed by atoms with E-state index < -0.39 is 0 Å². The van der Waals surface area contributed by atoms with Crippen molar-refractivity contribution in [2.24, 2.45) is 5.10 Å². The smallest absolute Gasteiger partial charge is 0.282 e. The number of aryl methyl sites for hydroxylation is 2. The van der Waals surface area contributed by atoms with E-state index in [1.54, 1.807) is 19.4 Å². The third kappa shape index (κ3) is 6.65. The van der Waals surface area contributed by atoms with Gasteiger partial charge in [0.2, 0.25) is 0 Å². The molecule has 0 unspecified atom stereocenters. The van der Waals surface area contributed by atoms with Crippen molar-refractivity contribution in [3.8, 4) is 28.6 Å². The fourth-order valence-corrected chi connectivity index (χ4v) is 5.78. The van der Waals surface area contributed by atoms with Gasteiger partial charge in [0.15, 0.2) is 17.3 Å². The molecule has 1 aromatic heterocycles. The molecule has 0 saturated heterocycles. The van der Waals surface area contributed by atoms with Crippen LogP contribution in [0.5, 0.6) is 17.2 Å². The van der Waals surface area contributed by atoms with Gasteiger partial charge in [-0.15, -0.1) is 0 Å². The Balaban J connectivity index is 1.58. The van der Waals surface area contributed by atoms with E-state index in [9.17, 15) is 4.79 Å². The Morgan fingerprint density at radius 3 is 2.43 bits per heavy atom. The van der Waals surface area contributed by atoms with E-state index in [-0.39, 0.29) is 11.5 Å². The number of halogens is 1. The normalized spacial score (nSPS) is 11.5. The number of nitrogens with zero attached hydrogens (tertiary/aromatic N) is 3. The molecular weight excluding hydrogens is 665 g/mol. The van der Waals surface area contributed by atoms with Crippen molar-refractivity contribution < 1.29 is 14.2 Å². The molecule has 0 bridgehead atoms. The molecule has 44 heavy (non-hydrogen) atoms. The minimum atomic E-state index is -0.249. The van der Waals surface area contributed by atoms with Gasteiger partial charge in [0, 0.05) is 5.56 Å². The van der Waals surface area contributed by atoms with Crippen LogP contribution in [0.25, 0.3) is 22.3 Å². The Hall–Kier alpha value is -4.18. The maximum absolute atomic E-state index is 13.9. The standard InChI is InChI=1S/C36H36IN3O4/c1-7-43-32-16-24(5)29(19-28(32)22(2)3)35-39-31-11-9-8-10-27(31)36(41)40(35)38-20-26-17-30(37)34(33(18-26)42-6)44-21-25-14-12-23(4)13-15-25/h8-20,22H,7,21H2,1-6H3. The largest absolute Gasteiger partial charge is 0.494 e. The Kier molecular flexibility index (Phi) is 9.68. The van der Waals surface area contributed by atoms with Gasteiger partial charge >= 0.3 is 0 Å². The number of methoxy groups -OCH3 is 1. The molecule has 7 nitrogen and oxygen atoms in total. The Labute approximate surface area is 271 Å². The molecule has 0 N–H and O–H groups in total. The monoisotopic (exact) mass is 701 g/mol. The van der Waals surface area contributed by atoms with Gasteiger partial charge in [0.05, 0.1) is 34.4 Å². The molecule has 0 aliphatic rings. The lowest BCUT2D eigenvalue weighted by Gasteiger charge is -2.18. The van der Waals surface area contributed by atoms with E-state index in [1.165, 1.54) is 10.2 Å². The molecule has 5 rings (SSSR count). The summed E-state index contributed by atoms with van der Waals surface area (Å²) in [5.74, 6) is 2.75. The highest BCUT2D eigenvalue weighted by molar-refractivity contribution is 14.1. The Morgan fingerprint density at radius 1 is 0.977 bits per heavy atom. The summed E-state index contributed by atoms with van der Waals surface area (Å²) < 4.78 is 20.1. The highest BCUT2D eigenvalue weighted by Gasteiger charge is 2.19. The molecule has 0 fully saturated rings. The summed E-state index contributed by atoms with van der Waals surface area (Å²) in [4.78, 5) is 18.8. The first-order valence-corrected chi connectivity index (χ1v) is 15.7. The predicted molar refractivity (Wildman–Crippen MR) is 186 cm³/mol. The molecule has 0 spiro atoms. The van der Waals surface area contributed by atoms with Crippen molar-refractivity contribution >= 4 is 39.7 Å². The van der Waals surface area contributed by atoms with Gasteiger partial charge in [0.25, 0.3) is 5.56 Å². The van der Waals surface area contributed by atoms with Gasteiger partial charge in [-0.05, 0) is 108 Å². The number of para-hydroxylation sites is 1. The highest BCUT2D eigenvalue weighted by Crippen LogP contribution is 2.36. The van der Waals surface area contributed by atoms with Crippen LogP contribution in [0.1, 0.15) is 54.5 Å². The maximum Gasteiger partial charge on any atom is 0.282 e. The molecule has 8 heteroatoms. The molecule has 0 atom stereocenters. The summed E-state index contributed by atoms with van der Waals surface area (Å²) in [5, 5.41) is 5.20. The van der Waals surface area contributed by atoms with Crippen molar-refractivity contribution in [3.63, 3.8) is 0 Å². The zero-order chi connectivity index (χ0) is 31.4. The van der Waals surface area contributed by atoms with Crippen molar-refractivity contribution in [3.05, 3.63) is 115 Å². The lowest BCUT2D eigenvalue weighted by molar-refractivity contribution is 0.282. The van der Waals surface area contributed by atoms with Crippen LogP contribution in [0.15, 0.2) is 82.7 Å². The molecule has 0 aliphatic heterocycles. The van der Waals surface area contributed by atoms with Crippen molar-refractivity contribution in [2.45, 2.75) is 47.1 Å². The minimum Gasteiger partial charge on any atom is -0.494 e. The summed E-state index contributed by atoms with van der Waals surface area (Å²) in [6, 6.07) is 23.5. The fraction of sp³-hybridized carbons (Fsp3) is 0.250. The zero-order valence-corrected chi connectivity index (χ0v) is 28.0. The van der Waals surface area contributed by atoms with Crippen LogP contribution in [-0.4, -0.2) is 29.6 Å².